The van der Waals surface area contributed by atoms with Crippen LogP contribution in [0.2, 0.25) is 0 Å². The fourth-order valence-corrected chi connectivity index (χ4v) is 2.50. The topological polar surface area (TPSA) is 12.4 Å². The summed E-state index contributed by atoms with van der Waals surface area (Å²) in [5.41, 5.74) is 3.01. The molecular formula is C7H10NS. The second-order valence-corrected chi connectivity index (χ2v) is 3.75. The second kappa shape index (κ2) is 2.33. The quantitative estimate of drug-likeness (QED) is 0.501. The van der Waals surface area contributed by atoms with Gasteiger partial charge in [0.15, 0.2) is 0 Å². The Morgan fingerprint density at radius 1 is 1.33 bits per heavy atom. The van der Waals surface area contributed by atoms with Crippen molar-refractivity contribution in [1.29, 1.82) is 0 Å². The molecule has 1 saturated carbocycles. The molecule has 2 unspecified atom stereocenters. The molecule has 0 aromatic heterocycles. The smallest absolute Gasteiger partial charge is 0.123 e. The van der Waals surface area contributed by atoms with Crippen molar-refractivity contribution in [2.75, 3.05) is 0 Å². The van der Waals surface area contributed by atoms with Crippen molar-refractivity contribution in [2.24, 2.45) is 4.99 Å². The zero-order valence-corrected chi connectivity index (χ0v) is 6.16. The Bertz CT molecular complexity index is 133. The molecule has 0 N–H and O–H groups in total. The van der Waals surface area contributed by atoms with Crippen LogP contribution in [0, 0.1) is 0 Å². The van der Waals surface area contributed by atoms with Crippen LogP contribution in [-0.4, -0.2) is 16.8 Å². The molecule has 1 radical (unpaired) electrons. The first-order valence-corrected chi connectivity index (χ1v) is 4.45. The highest BCUT2D eigenvalue weighted by molar-refractivity contribution is 8.12. The molecular weight excluding hydrogens is 130 g/mol. The second-order valence-electron chi connectivity index (χ2n) is 2.73. The highest BCUT2D eigenvalue weighted by Crippen LogP contribution is 2.33. The molecule has 0 aromatic rings. The van der Waals surface area contributed by atoms with Crippen LogP contribution in [0.4, 0.5) is 0 Å². The summed E-state index contributed by atoms with van der Waals surface area (Å²) in [5.74, 6) is 0. The maximum absolute atomic E-state index is 4.27. The number of thioether (sulfide) groups is 1. The van der Waals surface area contributed by atoms with Crippen molar-refractivity contribution < 1.29 is 0 Å². The molecule has 1 heterocycles. The van der Waals surface area contributed by atoms with Gasteiger partial charge in [-0.2, -0.15) is 0 Å². The van der Waals surface area contributed by atoms with E-state index < -0.39 is 0 Å². The van der Waals surface area contributed by atoms with Crippen LogP contribution in [0.25, 0.3) is 0 Å². The van der Waals surface area contributed by atoms with Crippen molar-refractivity contribution in [3.63, 3.8) is 0 Å². The van der Waals surface area contributed by atoms with Gasteiger partial charge in [-0.3, -0.25) is 4.99 Å². The molecule has 49 valence electrons. The normalized spacial score (nSPS) is 40.9. The Morgan fingerprint density at radius 3 is 3.11 bits per heavy atom. The van der Waals surface area contributed by atoms with Gasteiger partial charge in [-0.05, 0) is 12.8 Å². The molecule has 2 rings (SSSR count). The molecule has 0 spiro atoms. The van der Waals surface area contributed by atoms with E-state index in [1.165, 1.54) is 25.7 Å². The van der Waals surface area contributed by atoms with Crippen molar-refractivity contribution in [2.45, 2.75) is 37.0 Å². The van der Waals surface area contributed by atoms with E-state index in [4.69, 9.17) is 0 Å². The Labute approximate surface area is 59.9 Å². The summed E-state index contributed by atoms with van der Waals surface area (Å²) >= 11 is 1.81. The molecule has 0 amide bonds. The maximum Gasteiger partial charge on any atom is 0.123 e. The molecule has 1 aliphatic heterocycles. The summed E-state index contributed by atoms with van der Waals surface area (Å²) in [5, 5.41) is 0.804. The summed E-state index contributed by atoms with van der Waals surface area (Å²) in [7, 11) is 0. The number of nitrogens with zero attached hydrogens (tertiary/aromatic N) is 1. The predicted octanol–water partition coefficient (Wildman–Crippen LogP) is 1.95. The van der Waals surface area contributed by atoms with E-state index in [-0.39, 0.29) is 0 Å². The minimum absolute atomic E-state index is 0.642. The minimum Gasteiger partial charge on any atom is -0.271 e. The van der Waals surface area contributed by atoms with Crippen LogP contribution < -0.4 is 0 Å². The average Bonchev–Trinajstić information content (AvgIpc) is 2.33. The number of fused-ring (bicyclic) bond motifs is 1. The van der Waals surface area contributed by atoms with Gasteiger partial charge in [0.05, 0.1) is 6.04 Å². The van der Waals surface area contributed by atoms with Gasteiger partial charge >= 0.3 is 0 Å². The Morgan fingerprint density at radius 2 is 2.22 bits per heavy atom. The lowest BCUT2D eigenvalue weighted by Crippen LogP contribution is -2.21. The Hall–Kier alpha value is 0.0200. The molecule has 1 aliphatic carbocycles. The fraction of sp³-hybridized carbons (Fsp3) is 0.857. The number of rotatable bonds is 0. The molecule has 0 aromatic carbocycles. The van der Waals surface area contributed by atoms with E-state index in [1.54, 1.807) is 0 Å². The summed E-state index contributed by atoms with van der Waals surface area (Å²) in [6.45, 7) is 0. The molecule has 1 fully saturated rings. The van der Waals surface area contributed by atoms with Crippen molar-refractivity contribution >= 4 is 17.3 Å². The highest BCUT2D eigenvalue weighted by atomic mass is 32.2. The molecule has 2 atom stereocenters. The molecule has 9 heavy (non-hydrogen) atoms. The van der Waals surface area contributed by atoms with E-state index in [0.29, 0.717) is 6.04 Å². The van der Waals surface area contributed by atoms with E-state index in [9.17, 15) is 0 Å². The third kappa shape index (κ3) is 1.00. The molecule has 2 aliphatic rings. The first-order valence-electron chi connectivity index (χ1n) is 3.57. The van der Waals surface area contributed by atoms with E-state index >= 15 is 0 Å². The van der Waals surface area contributed by atoms with Crippen LogP contribution in [0.1, 0.15) is 25.7 Å². The number of aliphatic imine (C=N–C) groups is 1. The first kappa shape index (κ1) is 5.78. The lowest BCUT2D eigenvalue weighted by Gasteiger charge is -2.21. The number of hydrogen-bond acceptors (Lipinski definition) is 2. The van der Waals surface area contributed by atoms with Gasteiger partial charge in [0.25, 0.3) is 0 Å². The molecule has 0 bridgehead atoms. The van der Waals surface area contributed by atoms with Crippen LogP contribution in [0.5, 0.6) is 0 Å². The molecule has 2 heteroatoms. The first-order chi connectivity index (χ1) is 4.47. The summed E-state index contributed by atoms with van der Waals surface area (Å²) < 4.78 is 0. The van der Waals surface area contributed by atoms with Gasteiger partial charge in [-0.25, -0.2) is 0 Å². The SMILES string of the molecule is [C]1=NC2CCCCC2S1. The molecule has 0 saturated heterocycles. The van der Waals surface area contributed by atoms with Gasteiger partial charge < -0.3 is 0 Å². The minimum atomic E-state index is 0.642. The van der Waals surface area contributed by atoms with Gasteiger partial charge in [0.1, 0.15) is 5.55 Å². The van der Waals surface area contributed by atoms with Crippen molar-refractivity contribution in [1.82, 2.24) is 0 Å². The maximum atomic E-state index is 4.27. The summed E-state index contributed by atoms with van der Waals surface area (Å²) in [6.07, 6.45) is 5.47. The van der Waals surface area contributed by atoms with E-state index in [1.807, 2.05) is 11.8 Å². The third-order valence-corrected chi connectivity index (χ3v) is 3.15. The number of hydrogen-bond donors (Lipinski definition) is 0. The monoisotopic (exact) mass is 140 g/mol. The largest absolute Gasteiger partial charge is 0.271 e. The Kier molecular flexibility index (Phi) is 1.50. The fourth-order valence-electron chi connectivity index (χ4n) is 1.53. The predicted molar refractivity (Wildman–Crippen MR) is 41.1 cm³/mol. The van der Waals surface area contributed by atoms with Gasteiger partial charge in [0.2, 0.25) is 0 Å². The van der Waals surface area contributed by atoms with Gasteiger partial charge in [-0.15, -0.1) is 0 Å². The van der Waals surface area contributed by atoms with E-state index in [0.717, 1.165) is 5.25 Å². The Balaban J connectivity index is 2.03. The lowest BCUT2D eigenvalue weighted by molar-refractivity contribution is 0.462. The van der Waals surface area contributed by atoms with Crippen LogP contribution >= 0.6 is 11.8 Å². The van der Waals surface area contributed by atoms with Crippen molar-refractivity contribution in [3.05, 3.63) is 0 Å². The molecule has 1 nitrogen and oxygen atoms in total. The lowest BCUT2D eigenvalue weighted by atomic mass is 9.96. The highest BCUT2D eigenvalue weighted by Gasteiger charge is 2.27. The van der Waals surface area contributed by atoms with Crippen LogP contribution in [0.3, 0.4) is 0 Å². The van der Waals surface area contributed by atoms with Crippen LogP contribution in [-0.2, 0) is 0 Å². The zero-order valence-electron chi connectivity index (χ0n) is 5.34. The summed E-state index contributed by atoms with van der Waals surface area (Å²) in [6, 6.07) is 0.642. The van der Waals surface area contributed by atoms with E-state index in [2.05, 4.69) is 10.5 Å². The summed E-state index contributed by atoms with van der Waals surface area (Å²) in [4.78, 5) is 4.27. The van der Waals surface area contributed by atoms with Gasteiger partial charge in [0, 0.05) is 5.25 Å². The van der Waals surface area contributed by atoms with Crippen LogP contribution in [0.15, 0.2) is 4.99 Å². The average molecular weight is 140 g/mol. The third-order valence-electron chi connectivity index (χ3n) is 2.09. The van der Waals surface area contributed by atoms with Crippen molar-refractivity contribution in [3.8, 4) is 0 Å². The standard InChI is InChI=1S/C7H10NS/c1-2-4-7-6(3-1)8-5-9-7/h6-7H,1-4H2. The zero-order chi connectivity index (χ0) is 6.10. The van der Waals surface area contributed by atoms with Gasteiger partial charge in [-0.1, -0.05) is 24.6 Å².